The summed E-state index contributed by atoms with van der Waals surface area (Å²) in [5.74, 6) is -0.762. The molecule has 1 aliphatic rings. The summed E-state index contributed by atoms with van der Waals surface area (Å²) in [7, 11) is 1.54. The minimum atomic E-state index is -0.466. The number of nitrogens with one attached hydrogen (secondary N) is 2. The van der Waals surface area contributed by atoms with E-state index in [-0.39, 0.29) is 12.5 Å². The van der Waals surface area contributed by atoms with Crippen molar-refractivity contribution >= 4 is 34.6 Å². The summed E-state index contributed by atoms with van der Waals surface area (Å²) in [5, 5.41) is 5.07. The number of aromatic nitrogens is 1. The van der Waals surface area contributed by atoms with Crippen LogP contribution in [0.25, 0.3) is 0 Å². The number of anilines is 2. The second kappa shape index (κ2) is 9.58. The minimum absolute atomic E-state index is 0.165. The zero-order valence-corrected chi connectivity index (χ0v) is 19.3. The van der Waals surface area contributed by atoms with Crippen molar-refractivity contribution in [2.24, 2.45) is 0 Å². The lowest BCUT2D eigenvalue weighted by molar-refractivity contribution is 0.0387. The van der Waals surface area contributed by atoms with E-state index >= 15 is 0 Å². The summed E-state index contributed by atoms with van der Waals surface area (Å²) in [5.41, 5.74) is 5.14. The number of carbonyl (C=O) groups excluding carboxylic acids is 2. The second-order valence-corrected chi connectivity index (χ2v) is 8.80. The van der Waals surface area contributed by atoms with Gasteiger partial charge in [-0.15, -0.1) is 11.3 Å². The van der Waals surface area contributed by atoms with E-state index in [1.165, 1.54) is 10.4 Å². The van der Waals surface area contributed by atoms with Gasteiger partial charge in [0.2, 0.25) is 0 Å². The van der Waals surface area contributed by atoms with Gasteiger partial charge in [0.15, 0.2) is 0 Å². The first-order valence-electron chi connectivity index (χ1n) is 10.5. The number of esters is 1. The van der Waals surface area contributed by atoms with Crippen LogP contribution in [0.3, 0.4) is 0 Å². The van der Waals surface area contributed by atoms with Gasteiger partial charge in [-0.05, 0) is 67.1 Å². The number of benzene rings is 1. The van der Waals surface area contributed by atoms with Gasteiger partial charge in [-0.1, -0.05) is 0 Å². The Labute approximate surface area is 191 Å². The highest BCUT2D eigenvalue weighted by Gasteiger charge is 2.23. The lowest BCUT2D eigenvalue weighted by Gasteiger charge is -2.29. The number of ether oxygens (including phenoxy) is 2. The molecule has 168 valence electrons. The second-order valence-electron chi connectivity index (χ2n) is 7.80. The number of aromatic amines is 1. The molecule has 4 rings (SSSR count). The maximum Gasteiger partial charge on any atom is 0.340 e. The van der Waals surface area contributed by atoms with Gasteiger partial charge in [0.05, 0.1) is 12.2 Å². The molecule has 32 heavy (non-hydrogen) atoms. The third-order valence-electron chi connectivity index (χ3n) is 5.69. The maximum absolute atomic E-state index is 12.9. The SMILES string of the molecule is COCCOC(=O)c1c(C)[nH]c(C(=O)Nc2ccc(N3CCc4sccc4C3)cc2)c1C. The van der Waals surface area contributed by atoms with Crippen molar-refractivity contribution in [1.29, 1.82) is 0 Å². The number of aryl methyl sites for hydroxylation is 1. The van der Waals surface area contributed by atoms with Crippen molar-refractivity contribution in [2.45, 2.75) is 26.8 Å². The van der Waals surface area contributed by atoms with Crippen LogP contribution < -0.4 is 10.2 Å². The van der Waals surface area contributed by atoms with E-state index in [0.717, 1.165) is 25.2 Å². The third kappa shape index (κ3) is 4.56. The van der Waals surface area contributed by atoms with Gasteiger partial charge in [0, 0.05) is 42.1 Å². The van der Waals surface area contributed by atoms with Crippen molar-refractivity contribution in [3.8, 4) is 0 Å². The van der Waals surface area contributed by atoms with Crippen molar-refractivity contribution in [3.63, 3.8) is 0 Å². The van der Waals surface area contributed by atoms with E-state index < -0.39 is 5.97 Å². The molecular formula is C24H27N3O4S. The van der Waals surface area contributed by atoms with Crippen molar-refractivity contribution < 1.29 is 19.1 Å². The Balaban J connectivity index is 1.42. The standard InChI is InChI=1S/C24H27N3O4S/c1-15-21(24(29)31-12-11-30-3)16(2)25-22(15)23(28)26-18-4-6-19(7-5-18)27-10-8-20-17(14-27)9-13-32-20/h4-7,9,13,25H,8,10-12,14H2,1-3H3,(H,26,28). The molecule has 2 aromatic heterocycles. The first kappa shape index (κ1) is 22.1. The van der Waals surface area contributed by atoms with Crippen LogP contribution in [-0.4, -0.2) is 43.7 Å². The van der Waals surface area contributed by atoms with E-state index in [2.05, 4.69) is 26.6 Å². The van der Waals surface area contributed by atoms with Crippen LogP contribution in [-0.2, 0) is 22.4 Å². The molecule has 0 unspecified atom stereocenters. The lowest BCUT2D eigenvalue weighted by Crippen LogP contribution is -2.29. The fourth-order valence-electron chi connectivity index (χ4n) is 3.99. The van der Waals surface area contributed by atoms with E-state index in [0.29, 0.717) is 34.8 Å². The predicted octanol–water partition coefficient (Wildman–Crippen LogP) is 4.31. The fourth-order valence-corrected chi connectivity index (χ4v) is 4.88. The maximum atomic E-state index is 12.9. The molecule has 3 heterocycles. The lowest BCUT2D eigenvalue weighted by atomic mass is 10.1. The molecule has 0 atom stereocenters. The van der Waals surface area contributed by atoms with E-state index in [1.54, 1.807) is 21.0 Å². The Kier molecular flexibility index (Phi) is 6.62. The van der Waals surface area contributed by atoms with Crippen LogP contribution in [0, 0.1) is 13.8 Å². The molecule has 0 spiro atoms. The molecule has 1 aromatic carbocycles. The quantitative estimate of drug-likeness (QED) is 0.411. The third-order valence-corrected chi connectivity index (χ3v) is 6.71. The van der Waals surface area contributed by atoms with Crippen LogP contribution in [0.2, 0.25) is 0 Å². The highest BCUT2D eigenvalue weighted by Crippen LogP contribution is 2.28. The van der Waals surface area contributed by atoms with Gasteiger partial charge < -0.3 is 24.7 Å². The Morgan fingerprint density at radius 1 is 1.16 bits per heavy atom. The Hall–Kier alpha value is -3.10. The molecule has 0 saturated carbocycles. The predicted molar refractivity (Wildman–Crippen MR) is 126 cm³/mol. The van der Waals surface area contributed by atoms with Crippen LogP contribution in [0.5, 0.6) is 0 Å². The van der Waals surface area contributed by atoms with Gasteiger partial charge in [0.1, 0.15) is 12.3 Å². The summed E-state index contributed by atoms with van der Waals surface area (Å²) < 4.78 is 10.1. The molecule has 3 aromatic rings. The highest BCUT2D eigenvalue weighted by molar-refractivity contribution is 7.10. The summed E-state index contributed by atoms with van der Waals surface area (Å²) in [6.07, 6.45) is 1.06. The van der Waals surface area contributed by atoms with Crippen LogP contribution in [0.4, 0.5) is 11.4 Å². The number of hydrogen-bond donors (Lipinski definition) is 2. The van der Waals surface area contributed by atoms with Gasteiger partial charge in [-0.25, -0.2) is 4.79 Å². The Morgan fingerprint density at radius 2 is 1.94 bits per heavy atom. The monoisotopic (exact) mass is 453 g/mol. The molecule has 0 aliphatic carbocycles. The normalized spacial score (nSPS) is 13.0. The smallest absolute Gasteiger partial charge is 0.340 e. The molecule has 1 aliphatic heterocycles. The minimum Gasteiger partial charge on any atom is -0.460 e. The number of hydrogen-bond acceptors (Lipinski definition) is 6. The zero-order chi connectivity index (χ0) is 22.7. The highest BCUT2D eigenvalue weighted by atomic mass is 32.1. The number of carbonyl (C=O) groups is 2. The molecule has 0 bridgehead atoms. The number of methoxy groups -OCH3 is 1. The van der Waals surface area contributed by atoms with Crippen LogP contribution in [0.1, 0.15) is 42.5 Å². The van der Waals surface area contributed by atoms with Crippen molar-refractivity contribution in [2.75, 3.05) is 37.1 Å². The number of rotatable bonds is 7. The number of amides is 1. The average Bonchev–Trinajstić information content (AvgIpc) is 3.37. The molecule has 0 saturated heterocycles. The number of H-pyrrole nitrogens is 1. The summed E-state index contributed by atoms with van der Waals surface area (Å²) in [6, 6.07) is 10.1. The van der Waals surface area contributed by atoms with E-state index in [9.17, 15) is 9.59 Å². The molecule has 1 amide bonds. The van der Waals surface area contributed by atoms with E-state index in [1.807, 2.05) is 35.6 Å². The number of fused-ring (bicyclic) bond motifs is 1. The molecule has 7 nitrogen and oxygen atoms in total. The topological polar surface area (TPSA) is 83.7 Å². The largest absolute Gasteiger partial charge is 0.460 e. The summed E-state index contributed by atoms with van der Waals surface area (Å²) >= 11 is 1.83. The summed E-state index contributed by atoms with van der Waals surface area (Å²) in [6.45, 7) is 5.88. The van der Waals surface area contributed by atoms with Gasteiger partial charge >= 0.3 is 5.97 Å². The molecule has 0 radical (unpaired) electrons. The van der Waals surface area contributed by atoms with Gasteiger partial charge in [-0.2, -0.15) is 0 Å². The Morgan fingerprint density at radius 3 is 2.69 bits per heavy atom. The van der Waals surface area contributed by atoms with Crippen LogP contribution in [0.15, 0.2) is 35.7 Å². The fraction of sp³-hybridized carbons (Fsp3) is 0.333. The Bertz CT molecular complexity index is 1120. The number of thiophene rings is 1. The molecule has 2 N–H and O–H groups in total. The molecule has 8 heteroatoms. The van der Waals surface area contributed by atoms with Gasteiger partial charge in [0.25, 0.3) is 5.91 Å². The van der Waals surface area contributed by atoms with Crippen molar-refractivity contribution in [3.05, 3.63) is 68.7 Å². The first-order chi connectivity index (χ1) is 15.5. The molecule has 0 fully saturated rings. The molecular weight excluding hydrogens is 426 g/mol. The average molecular weight is 454 g/mol. The van der Waals surface area contributed by atoms with Crippen LogP contribution >= 0.6 is 11.3 Å². The number of nitrogens with zero attached hydrogens (tertiary/aromatic N) is 1. The first-order valence-corrected chi connectivity index (χ1v) is 11.4. The van der Waals surface area contributed by atoms with Crippen molar-refractivity contribution in [1.82, 2.24) is 4.98 Å². The van der Waals surface area contributed by atoms with Gasteiger partial charge in [-0.3, -0.25) is 4.79 Å². The summed E-state index contributed by atoms with van der Waals surface area (Å²) in [4.78, 5) is 32.1. The van der Waals surface area contributed by atoms with E-state index in [4.69, 9.17) is 9.47 Å². The zero-order valence-electron chi connectivity index (χ0n) is 18.5.